The summed E-state index contributed by atoms with van der Waals surface area (Å²) < 4.78 is 4.87. The van der Waals surface area contributed by atoms with Crippen molar-refractivity contribution in [3.8, 4) is 0 Å². The van der Waals surface area contributed by atoms with Crippen LogP contribution in [0.2, 0.25) is 0 Å². The SMILES string of the molecule is COCCC(C)NC(=O)CSCC(=O)O. The van der Waals surface area contributed by atoms with Gasteiger partial charge in [-0.15, -0.1) is 11.8 Å². The Bertz CT molecular complexity index is 210. The van der Waals surface area contributed by atoms with E-state index in [1.165, 1.54) is 0 Å². The third kappa shape index (κ3) is 9.55. The van der Waals surface area contributed by atoms with Crippen molar-refractivity contribution < 1.29 is 19.4 Å². The fraction of sp³-hybridized carbons (Fsp3) is 0.778. The first kappa shape index (κ1) is 14.2. The second kappa shape index (κ2) is 8.55. The predicted molar refractivity (Wildman–Crippen MR) is 59.1 cm³/mol. The van der Waals surface area contributed by atoms with Gasteiger partial charge in [0, 0.05) is 19.8 Å². The van der Waals surface area contributed by atoms with Gasteiger partial charge in [-0.25, -0.2) is 0 Å². The number of methoxy groups -OCH3 is 1. The van der Waals surface area contributed by atoms with E-state index >= 15 is 0 Å². The number of carbonyl (C=O) groups excluding carboxylic acids is 1. The minimum Gasteiger partial charge on any atom is -0.481 e. The quantitative estimate of drug-likeness (QED) is 0.634. The van der Waals surface area contributed by atoms with Crippen molar-refractivity contribution in [2.75, 3.05) is 25.2 Å². The number of rotatable bonds is 8. The summed E-state index contributed by atoms with van der Waals surface area (Å²) in [5, 5.41) is 11.1. The molecule has 0 aromatic carbocycles. The molecule has 0 spiro atoms. The molecule has 0 aromatic rings. The van der Waals surface area contributed by atoms with Gasteiger partial charge in [-0.2, -0.15) is 0 Å². The topological polar surface area (TPSA) is 75.6 Å². The van der Waals surface area contributed by atoms with Crippen molar-refractivity contribution in [3.63, 3.8) is 0 Å². The fourth-order valence-corrected chi connectivity index (χ4v) is 1.46. The Labute approximate surface area is 93.6 Å². The zero-order valence-corrected chi connectivity index (χ0v) is 9.80. The highest BCUT2D eigenvalue weighted by molar-refractivity contribution is 8.00. The van der Waals surface area contributed by atoms with Crippen LogP contribution in [0, 0.1) is 0 Å². The van der Waals surface area contributed by atoms with Gasteiger partial charge in [0.1, 0.15) is 0 Å². The lowest BCUT2D eigenvalue weighted by Crippen LogP contribution is -2.34. The Kier molecular flexibility index (Phi) is 8.12. The fourth-order valence-electron chi connectivity index (χ4n) is 0.914. The molecule has 0 radical (unpaired) electrons. The summed E-state index contributed by atoms with van der Waals surface area (Å²) in [6.07, 6.45) is 0.756. The summed E-state index contributed by atoms with van der Waals surface area (Å²) in [7, 11) is 1.61. The van der Waals surface area contributed by atoms with E-state index in [2.05, 4.69) is 5.32 Å². The molecule has 0 aliphatic carbocycles. The summed E-state index contributed by atoms with van der Waals surface area (Å²) in [5.74, 6) is -0.895. The lowest BCUT2D eigenvalue weighted by molar-refractivity contribution is -0.133. The van der Waals surface area contributed by atoms with Crippen LogP contribution in [0.3, 0.4) is 0 Å². The highest BCUT2D eigenvalue weighted by atomic mass is 32.2. The van der Waals surface area contributed by atoms with Crippen LogP contribution >= 0.6 is 11.8 Å². The molecule has 0 aliphatic rings. The number of hydrogen-bond acceptors (Lipinski definition) is 4. The molecule has 2 N–H and O–H groups in total. The minimum absolute atomic E-state index is 0.0418. The lowest BCUT2D eigenvalue weighted by atomic mass is 10.2. The molecule has 88 valence electrons. The van der Waals surface area contributed by atoms with Crippen molar-refractivity contribution in [2.24, 2.45) is 0 Å². The molecule has 5 nitrogen and oxygen atoms in total. The molecule has 0 aliphatic heterocycles. The minimum atomic E-state index is -0.903. The van der Waals surface area contributed by atoms with Crippen LogP contribution in [0.1, 0.15) is 13.3 Å². The molecule has 0 bridgehead atoms. The van der Waals surface area contributed by atoms with Crippen LogP contribution in [0.15, 0.2) is 0 Å². The molecule has 0 fully saturated rings. The van der Waals surface area contributed by atoms with Crippen LogP contribution in [-0.2, 0) is 14.3 Å². The maximum absolute atomic E-state index is 11.2. The Morgan fingerprint density at radius 3 is 2.67 bits per heavy atom. The first-order chi connectivity index (χ1) is 7.06. The molecule has 0 saturated carbocycles. The van der Waals surface area contributed by atoms with Gasteiger partial charge in [-0.1, -0.05) is 0 Å². The van der Waals surface area contributed by atoms with Gasteiger partial charge in [0.25, 0.3) is 0 Å². The summed E-state index contributed by atoms with van der Waals surface area (Å²) in [6, 6.07) is 0.0582. The van der Waals surface area contributed by atoms with Crippen LogP contribution in [0.4, 0.5) is 0 Å². The van der Waals surface area contributed by atoms with E-state index in [4.69, 9.17) is 9.84 Å². The zero-order chi connectivity index (χ0) is 11.7. The first-order valence-electron chi connectivity index (χ1n) is 4.64. The third-order valence-electron chi connectivity index (χ3n) is 1.62. The number of carboxylic acid groups (broad SMARTS) is 1. The normalized spacial score (nSPS) is 12.1. The predicted octanol–water partition coefficient (Wildman–Crippen LogP) is 0.345. The summed E-state index contributed by atoms with van der Waals surface area (Å²) in [4.78, 5) is 21.4. The number of carboxylic acids is 1. The molecule has 1 atom stereocenters. The second-order valence-corrected chi connectivity index (χ2v) is 4.12. The van der Waals surface area contributed by atoms with Gasteiger partial charge in [-0.3, -0.25) is 9.59 Å². The molecule has 0 rings (SSSR count). The van der Waals surface area contributed by atoms with E-state index < -0.39 is 5.97 Å². The number of carbonyl (C=O) groups is 2. The largest absolute Gasteiger partial charge is 0.481 e. The average Bonchev–Trinajstić information content (AvgIpc) is 2.14. The Morgan fingerprint density at radius 1 is 1.47 bits per heavy atom. The number of amides is 1. The molecule has 0 heterocycles. The smallest absolute Gasteiger partial charge is 0.313 e. The van der Waals surface area contributed by atoms with Crippen LogP contribution in [0.25, 0.3) is 0 Å². The number of hydrogen-bond donors (Lipinski definition) is 2. The molecule has 1 unspecified atom stereocenters. The number of thioether (sulfide) groups is 1. The number of ether oxygens (including phenoxy) is 1. The molecule has 15 heavy (non-hydrogen) atoms. The van der Waals surface area contributed by atoms with Gasteiger partial charge in [0.2, 0.25) is 5.91 Å². The van der Waals surface area contributed by atoms with Crippen molar-refractivity contribution in [2.45, 2.75) is 19.4 Å². The van der Waals surface area contributed by atoms with Crippen LogP contribution < -0.4 is 5.32 Å². The van der Waals surface area contributed by atoms with E-state index in [1.807, 2.05) is 6.92 Å². The first-order valence-corrected chi connectivity index (χ1v) is 5.79. The molecule has 0 saturated heterocycles. The summed E-state index contributed by atoms with van der Waals surface area (Å²) >= 11 is 1.09. The van der Waals surface area contributed by atoms with Gasteiger partial charge < -0.3 is 15.2 Å². The van der Waals surface area contributed by atoms with Gasteiger partial charge in [-0.05, 0) is 13.3 Å². The number of nitrogens with one attached hydrogen (secondary N) is 1. The Morgan fingerprint density at radius 2 is 2.13 bits per heavy atom. The van der Waals surface area contributed by atoms with Crippen molar-refractivity contribution in [1.29, 1.82) is 0 Å². The van der Waals surface area contributed by atoms with E-state index in [1.54, 1.807) is 7.11 Å². The van der Waals surface area contributed by atoms with Gasteiger partial charge in [0.15, 0.2) is 0 Å². The van der Waals surface area contributed by atoms with E-state index in [9.17, 15) is 9.59 Å². The highest BCUT2D eigenvalue weighted by Gasteiger charge is 2.07. The molecular weight excluding hydrogens is 218 g/mol. The van der Waals surface area contributed by atoms with Crippen LogP contribution in [-0.4, -0.2) is 48.2 Å². The monoisotopic (exact) mass is 235 g/mol. The van der Waals surface area contributed by atoms with Crippen molar-refractivity contribution in [1.82, 2.24) is 5.32 Å². The number of aliphatic carboxylic acids is 1. The second-order valence-electron chi connectivity index (χ2n) is 3.14. The van der Waals surface area contributed by atoms with E-state index in [0.717, 1.165) is 18.2 Å². The maximum Gasteiger partial charge on any atom is 0.313 e. The highest BCUT2D eigenvalue weighted by Crippen LogP contribution is 1.99. The van der Waals surface area contributed by atoms with E-state index in [-0.39, 0.29) is 23.5 Å². The third-order valence-corrected chi connectivity index (χ3v) is 2.54. The summed E-state index contributed by atoms with van der Waals surface area (Å²) in [5.41, 5.74) is 0. The van der Waals surface area contributed by atoms with Gasteiger partial charge in [0.05, 0.1) is 11.5 Å². The molecule has 1 amide bonds. The maximum atomic E-state index is 11.2. The standard InChI is InChI=1S/C9H17NO4S/c1-7(3-4-14-2)10-8(11)5-15-6-9(12)13/h7H,3-6H2,1-2H3,(H,10,11)(H,12,13). The molecule has 6 heteroatoms. The zero-order valence-electron chi connectivity index (χ0n) is 8.99. The van der Waals surface area contributed by atoms with Crippen molar-refractivity contribution in [3.05, 3.63) is 0 Å². The van der Waals surface area contributed by atoms with Gasteiger partial charge >= 0.3 is 5.97 Å². The van der Waals surface area contributed by atoms with Crippen molar-refractivity contribution >= 4 is 23.6 Å². The Hall–Kier alpha value is -0.750. The van der Waals surface area contributed by atoms with Crippen LogP contribution in [0.5, 0.6) is 0 Å². The molecular formula is C9H17NO4S. The average molecular weight is 235 g/mol. The van der Waals surface area contributed by atoms with E-state index in [0.29, 0.717) is 6.61 Å². The summed E-state index contributed by atoms with van der Waals surface area (Å²) in [6.45, 7) is 2.49. The lowest BCUT2D eigenvalue weighted by Gasteiger charge is -2.12. The Balaban J connectivity index is 3.50. The molecule has 0 aromatic heterocycles.